The van der Waals surface area contributed by atoms with Crippen molar-refractivity contribution >= 4 is 12.0 Å². The van der Waals surface area contributed by atoms with Gasteiger partial charge >= 0.3 is 5.97 Å². The van der Waals surface area contributed by atoms with Crippen molar-refractivity contribution in [3.63, 3.8) is 0 Å². The van der Waals surface area contributed by atoms with E-state index in [4.69, 9.17) is 5.11 Å². The van der Waals surface area contributed by atoms with Gasteiger partial charge in [-0.2, -0.15) is 0 Å². The Bertz CT molecular complexity index is 563. The molecule has 89 valence electrons. The van der Waals surface area contributed by atoms with Crippen LogP contribution in [0, 0.1) is 6.92 Å². The van der Waals surface area contributed by atoms with Crippen molar-refractivity contribution in [1.82, 2.24) is 0 Å². The molecule has 2 aromatic rings. The number of aliphatic carboxylic acids is 1. The monoisotopic (exact) mass is 237 g/mol. The van der Waals surface area contributed by atoms with Crippen molar-refractivity contribution in [2.45, 2.75) is 0 Å². The molecule has 18 heavy (non-hydrogen) atoms. The van der Waals surface area contributed by atoms with Gasteiger partial charge in [0.15, 0.2) is 0 Å². The number of carbonyl (C=O) groups is 1. The second-order valence-corrected chi connectivity index (χ2v) is 3.99. The summed E-state index contributed by atoms with van der Waals surface area (Å²) >= 11 is 0. The van der Waals surface area contributed by atoms with E-state index in [1.54, 1.807) is 6.08 Å². The van der Waals surface area contributed by atoms with E-state index in [0.29, 0.717) is 0 Å². The van der Waals surface area contributed by atoms with Crippen LogP contribution in [0.4, 0.5) is 0 Å². The lowest BCUT2D eigenvalue weighted by Gasteiger charge is -2.02. The first-order valence-corrected chi connectivity index (χ1v) is 5.58. The Hall–Kier alpha value is -2.35. The van der Waals surface area contributed by atoms with Gasteiger partial charge in [0.1, 0.15) is 0 Å². The first-order chi connectivity index (χ1) is 8.65. The first-order valence-electron chi connectivity index (χ1n) is 5.58. The van der Waals surface area contributed by atoms with E-state index in [-0.39, 0.29) is 0 Å². The SMILES string of the molecule is [CH2]c1ccc(-c2ccc(C=CC(=O)O)cc2)cc1. The molecule has 2 heteroatoms. The minimum absolute atomic E-state index is 0.870. The molecule has 2 nitrogen and oxygen atoms in total. The van der Waals surface area contributed by atoms with Crippen molar-refractivity contribution < 1.29 is 9.90 Å². The molecule has 0 heterocycles. The molecule has 0 amide bonds. The van der Waals surface area contributed by atoms with Gasteiger partial charge in [0.25, 0.3) is 0 Å². The Morgan fingerprint density at radius 3 is 1.94 bits per heavy atom. The van der Waals surface area contributed by atoms with Gasteiger partial charge in [-0.05, 0) is 35.3 Å². The van der Waals surface area contributed by atoms with Crippen molar-refractivity contribution in [3.8, 4) is 11.1 Å². The average molecular weight is 237 g/mol. The number of hydrogen-bond donors (Lipinski definition) is 1. The standard InChI is InChI=1S/C16H13O2/c1-12-2-7-14(8-3-12)15-9-4-13(5-10-15)6-11-16(17)18/h2-11H,1H2,(H,17,18). The minimum Gasteiger partial charge on any atom is -0.478 e. The Morgan fingerprint density at radius 2 is 1.44 bits per heavy atom. The number of carboxylic acid groups (broad SMARTS) is 1. The van der Waals surface area contributed by atoms with Crippen LogP contribution in [0.1, 0.15) is 11.1 Å². The highest BCUT2D eigenvalue weighted by Gasteiger charge is 1.97. The van der Waals surface area contributed by atoms with Crippen LogP contribution in [0.3, 0.4) is 0 Å². The molecule has 0 aliphatic heterocycles. The molecule has 0 aliphatic carbocycles. The summed E-state index contributed by atoms with van der Waals surface area (Å²) in [4.78, 5) is 10.4. The second kappa shape index (κ2) is 5.32. The van der Waals surface area contributed by atoms with Gasteiger partial charge in [0.2, 0.25) is 0 Å². The van der Waals surface area contributed by atoms with E-state index in [9.17, 15) is 4.79 Å². The Kier molecular flexibility index (Phi) is 3.58. The molecular weight excluding hydrogens is 224 g/mol. The van der Waals surface area contributed by atoms with Crippen LogP contribution in [-0.2, 0) is 4.79 Å². The maximum atomic E-state index is 10.4. The van der Waals surface area contributed by atoms with Crippen LogP contribution in [0.5, 0.6) is 0 Å². The molecule has 1 N–H and O–H groups in total. The summed E-state index contributed by atoms with van der Waals surface area (Å²) in [5.74, 6) is -0.940. The van der Waals surface area contributed by atoms with Gasteiger partial charge in [-0.15, -0.1) is 0 Å². The Labute approximate surface area is 106 Å². The average Bonchev–Trinajstić information content (AvgIpc) is 2.38. The predicted octanol–water partition coefficient (Wildman–Crippen LogP) is 3.63. The quantitative estimate of drug-likeness (QED) is 0.827. The van der Waals surface area contributed by atoms with E-state index >= 15 is 0 Å². The number of hydrogen-bond acceptors (Lipinski definition) is 1. The summed E-state index contributed by atoms with van der Waals surface area (Å²) in [6, 6.07) is 15.7. The zero-order valence-electron chi connectivity index (χ0n) is 9.84. The Morgan fingerprint density at radius 1 is 0.944 bits per heavy atom. The van der Waals surface area contributed by atoms with E-state index in [1.165, 1.54) is 0 Å². The van der Waals surface area contributed by atoms with Crippen LogP contribution in [-0.4, -0.2) is 11.1 Å². The van der Waals surface area contributed by atoms with Gasteiger partial charge in [0, 0.05) is 6.08 Å². The third kappa shape index (κ3) is 3.08. The lowest BCUT2D eigenvalue weighted by atomic mass is 10.0. The number of rotatable bonds is 3. The van der Waals surface area contributed by atoms with Crippen molar-refractivity contribution in [3.05, 3.63) is 72.7 Å². The zero-order chi connectivity index (χ0) is 13.0. The lowest BCUT2D eigenvalue weighted by molar-refractivity contribution is -0.131. The minimum atomic E-state index is -0.940. The predicted molar refractivity (Wildman–Crippen MR) is 73.0 cm³/mol. The molecule has 0 saturated heterocycles. The molecule has 2 aromatic carbocycles. The van der Waals surface area contributed by atoms with Crippen molar-refractivity contribution in [1.29, 1.82) is 0 Å². The molecule has 1 radical (unpaired) electrons. The second-order valence-electron chi connectivity index (χ2n) is 3.99. The third-order valence-electron chi connectivity index (χ3n) is 2.62. The summed E-state index contributed by atoms with van der Waals surface area (Å²) in [5, 5.41) is 8.54. The summed E-state index contributed by atoms with van der Waals surface area (Å²) in [5.41, 5.74) is 4.08. The summed E-state index contributed by atoms with van der Waals surface area (Å²) in [7, 11) is 0. The fourth-order valence-electron chi connectivity index (χ4n) is 1.65. The molecule has 2 rings (SSSR count). The highest BCUT2D eigenvalue weighted by molar-refractivity contribution is 5.85. The molecule has 0 bridgehead atoms. The van der Waals surface area contributed by atoms with Crippen LogP contribution >= 0.6 is 0 Å². The van der Waals surface area contributed by atoms with Crippen molar-refractivity contribution in [2.75, 3.05) is 0 Å². The van der Waals surface area contributed by atoms with Gasteiger partial charge in [0.05, 0.1) is 0 Å². The van der Waals surface area contributed by atoms with Crippen LogP contribution in [0.2, 0.25) is 0 Å². The molecule has 0 aliphatic rings. The molecular formula is C16H13O2. The summed E-state index contributed by atoms with van der Waals surface area (Å²) in [6.45, 7) is 3.85. The number of carboxylic acids is 1. The first kappa shape index (κ1) is 12.1. The maximum Gasteiger partial charge on any atom is 0.328 e. The summed E-state index contributed by atoms with van der Waals surface area (Å²) < 4.78 is 0. The van der Waals surface area contributed by atoms with Crippen molar-refractivity contribution in [2.24, 2.45) is 0 Å². The van der Waals surface area contributed by atoms with E-state index in [2.05, 4.69) is 6.92 Å². The van der Waals surface area contributed by atoms with Crippen LogP contribution in [0.15, 0.2) is 54.6 Å². The molecule has 0 aromatic heterocycles. The zero-order valence-corrected chi connectivity index (χ0v) is 9.84. The van der Waals surface area contributed by atoms with Crippen LogP contribution in [0.25, 0.3) is 17.2 Å². The topological polar surface area (TPSA) is 37.3 Å². The number of benzene rings is 2. The largest absolute Gasteiger partial charge is 0.478 e. The van der Waals surface area contributed by atoms with E-state index in [1.807, 2.05) is 48.5 Å². The van der Waals surface area contributed by atoms with Gasteiger partial charge in [-0.3, -0.25) is 0 Å². The lowest BCUT2D eigenvalue weighted by Crippen LogP contribution is -1.85. The highest BCUT2D eigenvalue weighted by Crippen LogP contribution is 2.20. The third-order valence-corrected chi connectivity index (χ3v) is 2.62. The van der Waals surface area contributed by atoms with Gasteiger partial charge < -0.3 is 5.11 Å². The smallest absolute Gasteiger partial charge is 0.328 e. The molecule has 0 spiro atoms. The normalized spacial score (nSPS) is 10.7. The molecule has 0 fully saturated rings. The maximum absolute atomic E-state index is 10.4. The van der Waals surface area contributed by atoms with Gasteiger partial charge in [-0.25, -0.2) is 4.79 Å². The summed E-state index contributed by atoms with van der Waals surface area (Å²) in [6.07, 6.45) is 2.71. The van der Waals surface area contributed by atoms with Crippen LogP contribution < -0.4 is 0 Å². The Balaban J connectivity index is 2.22. The molecule has 0 atom stereocenters. The molecule has 0 saturated carbocycles. The highest BCUT2D eigenvalue weighted by atomic mass is 16.4. The fraction of sp³-hybridized carbons (Fsp3) is 0. The van der Waals surface area contributed by atoms with E-state index in [0.717, 1.165) is 28.3 Å². The van der Waals surface area contributed by atoms with E-state index < -0.39 is 5.97 Å². The fourth-order valence-corrected chi connectivity index (χ4v) is 1.65. The van der Waals surface area contributed by atoms with Gasteiger partial charge in [-0.1, -0.05) is 48.5 Å². The molecule has 0 unspecified atom stereocenters.